The van der Waals surface area contributed by atoms with E-state index in [-0.39, 0.29) is 29.4 Å². The van der Waals surface area contributed by atoms with Gasteiger partial charge in [0.1, 0.15) is 11.4 Å². The van der Waals surface area contributed by atoms with E-state index in [4.69, 9.17) is 10.8 Å². The average Bonchev–Trinajstić information content (AvgIpc) is 2.30. The highest BCUT2D eigenvalue weighted by Gasteiger charge is 2.11. The van der Waals surface area contributed by atoms with Crippen LogP contribution in [0, 0.1) is 0 Å². The molecule has 0 fully saturated rings. The second kappa shape index (κ2) is 5.69. The van der Waals surface area contributed by atoms with E-state index < -0.39 is 5.97 Å². The molecule has 7 heteroatoms. The lowest BCUT2D eigenvalue weighted by Gasteiger charge is -2.08. The summed E-state index contributed by atoms with van der Waals surface area (Å²) < 4.78 is 0. The Morgan fingerprint density at radius 2 is 2.24 bits per heavy atom. The van der Waals surface area contributed by atoms with E-state index in [1.165, 1.54) is 19.3 Å². The Hall–Kier alpha value is -2.31. The number of hydrogen-bond donors (Lipinski definition) is 4. The summed E-state index contributed by atoms with van der Waals surface area (Å²) in [7, 11) is 1.53. The number of carboxylic acids is 1. The molecular weight excluding hydrogens is 224 g/mol. The van der Waals surface area contributed by atoms with E-state index in [0.29, 0.717) is 6.54 Å². The molecule has 0 spiro atoms. The number of carbonyl (C=O) groups is 2. The van der Waals surface area contributed by atoms with Crippen LogP contribution in [0.5, 0.6) is 0 Å². The van der Waals surface area contributed by atoms with Gasteiger partial charge < -0.3 is 21.5 Å². The van der Waals surface area contributed by atoms with Crippen molar-refractivity contribution in [1.29, 1.82) is 0 Å². The monoisotopic (exact) mass is 238 g/mol. The summed E-state index contributed by atoms with van der Waals surface area (Å²) in [5.74, 6) is -1.05. The number of hydrogen-bond acceptors (Lipinski definition) is 5. The van der Waals surface area contributed by atoms with Crippen LogP contribution >= 0.6 is 0 Å². The summed E-state index contributed by atoms with van der Waals surface area (Å²) in [4.78, 5) is 25.8. The van der Waals surface area contributed by atoms with Crippen molar-refractivity contribution in [3.05, 3.63) is 17.8 Å². The first-order chi connectivity index (χ1) is 8.04. The summed E-state index contributed by atoms with van der Waals surface area (Å²) in [6.07, 6.45) is 1.59. The van der Waals surface area contributed by atoms with Crippen LogP contribution in [-0.2, 0) is 4.79 Å². The van der Waals surface area contributed by atoms with Crippen molar-refractivity contribution in [3.8, 4) is 0 Å². The predicted molar refractivity (Wildman–Crippen MR) is 62.8 cm³/mol. The molecule has 0 bridgehead atoms. The number of nitrogens with two attached hydrogens (primary N) is 1. The minimum absolute atomic E-state index is 0.0121. The van der Waals surface area contributed by atoms with Gasteiger partial charge in [0.15, 0.2) is 0 Å². The molecule has 0 atom stereocenters. The van der Waals surface area contributed by atoms with Crippen molar-refractivity contribution in [2.75, 3.05) is 24.6 Å². The number of aromatic nitrogens is 1. The number of carboxylic acid groups (broad SMARTS) is 1. The summed E-state index contributed by atoms with van der Waals surface area (Å²) in [6.45, 7) is 0.302. The van der Waals surface area contributed by atoms with Gasteiger partial charge in [-0.15, -0.1) is 0 Å². The van der Waals surface area contributed by atoms with Gasteiger partial charge in [-0.2, -0.15) is 0 Å². The van der Waals surface area contributed by atoms with E-state index in [1.54, 1.807) is 0 Å². The maximum atomic E-state index is 11.0. The highest BCUT2D eigenvalue weighted by molar-refractivity contribution is 5.94. The summed E-state index contributed by atoms with van der Waals surface area (Å²) in [6, 6.07) is 1.32. The van der Waals surface area contributed by atoms with Gasteiger partial charge in [-0.3, -0.25) is 4.79 Å². The minimum atomic E-state index is -1.12. The Labute approximate surface area is 98.0 Å². The summed E-state index contributed by atoms with van der Waals surface area (Å²) in [5.41, 5.74) is 5.71. The molecule has 0 unspecified atom stereocenters. The summed E-state index contributed by atoms with van der Waals surface area (Å²) in [5, 5.41) is 14.2. The van der Waals surface area contributed by atoms with Gasteiger partial charge in [-0.25, -0.2) is 9.78 Å². The first-order valence-corrected chi connectivity index (χ1v) is 4.98. The second-order valence-corrected chi connectivity index (χ2v) is 3.32. The number of nitrogen functional groups attached to an aromatic ring is 1. The quantitative estimate of drug-likeness (QED) is 0.569. The number of rotatable bonds is 5. The molecule has 1 heterocycles. The predicted octanol–water partition coefficient (Wildman–Crippen LogP) is -0.0900. The van der Waals surface area contributed by atoms with Gasteiger partial charge in [-0.05, 0) is 6.07 Å². The molecule has 5 N–H and O–H groups in total. The zero-order chi connectivity index (χ0) is 12.8. The molecule has 0 aliphatic rings. The third kappa shape index (κ3) is 3.63. The molecule has 1 amide bonds. The maximum absolute atomic E-state index is 11.0. The van der Waals surface area contributed by atoms with Gasteiger partial charge >= 0.3 is 5.97 Å². The lowest BCUT2D eigenvalue weighted by Crippen LogP contribution is -2.21. The van der Waals surface area contributed by atoms with Crippen LogP contribution in [0.25, 0.3) is 0 Å². The average molecular weight is 238 g/mol. The van der Waals surface area contributed by atoms with Gasteiger partial charge in [0, 0.05) is 20.0 Å². The molecule has 0 aliphatic carbocycles. The number of pyridine rings is 1. The molecule has 1 aromatic rings. The van der Waals surface area contributed by atoms with Gasteiger partial charge in [0.2, 0.25) is 5.91 Å². The van der Waals surface area contributed by atoms with Crippen molar-refractivity contribution in [1.82, 2.24) is 10.3 Å². The molecule has 92 valence electrons. The van der Waals surface area contributed by atoms with Crippen molar-refractivity contribution in [3.63, 3.8) is 0 Å². The fourth-order valence-electron chi connectivity index (χ4n) is 1.20. The highest BCUT2D eigenvalue weighted by atomic mass is 16.4. The molecule has 17 heavy (non-hydrogen) atoms. The van der Waals surface area contributed by atoms with Crippen LogP contribution in [0.1, 0.15) is 16.8 Å². The van der Waals surface area contributed by atoms with Crippen molar-refractivity contribution < 1.29 is 14.7 Å². The standard InChI is InChI=1S/C10H14N4O3/c1-12-8(15)2-3-13-9-7(10(16)17)4-6(11)5-14-9/h4-5H,2-3,11H2,1H3,(H,12,15)(H,13,14)(H,16,17). The lowest BCUT2D eigenvalue weighted by molar-refractivity contribution is -0.120. The van der Waals surface area contributed by atoms with Crippen LogP contribution in [0.15, 0.2) is 12.3 Å². The molecule has 0 aliphatic heterocycles. The molecule has 0 radical (unpaired) electrons. The number of amides is 1. The molecule has 1 rings (SSSR count). The van der Waals surface area contributed by atoms with E-state index in [9.17, 15) is 9.59 Å². The normalized spacial score (nSPS) is 9.71. The van der Waals surface area contributed by atoms with Gasteiger partial charge in [-0.1, -0.05) is 0 Å². The van der Waals surface area contributed by atoms with Gasteiger partial charge in [0.05, 0.1) is 11.9 Å². The molecule has 0 saturated heterocycles. The number of aromatic carboxylic acids is 1. The third-order valence-electron chi connectivity index (χ3n) is 2.06. The molecule has 1 aromatic heterocycles. The lowest BCUT2D eigenvalue weighted by atomic mass is 10.2. The van der Waals surface area contributed by atoms with Crippen LogP contribution in [0.4, 0.5) is 11.5 Å². The zero-order valence-electron chi connectivity index (χ0n) is 9.36. The number of anilines is 2. The largest absolute Gasteiger partial charge is 0.478 e. The van der Waals surface area contributed by atoms with Crippen molar-refractivity contribution in [2.45, 2.75) is 6.42 Å². The fraction of sp³-hybridized carbons (Fsp3) is 0.300. The van der Waals surface area contributed by atoms with Crippen molar-refractivity contribution >= 4 is 23.4 Å². The SMILES string of the molecule is CNC(=O)CCNc1ncc(N)cc1C(=O)O. The maximum Gasteiger partial charge on any atom is 0.339 e. The first-order valence-electron chi connectivity index (χ1n) is 4.98. The Morgan fingerprint density at radius 3 is 2.82 bits per heavy atom. The topological polar surface area (TPSA) is 117 Å². The molecule has 7 nitrogen and oxygen atoms in total. The van der Waals surface area contributed by atoms with E-state index in [0.717, 1.165) is 0 Å². The second-order valence-electron chi connectivity index (χ2n) is 3.32. The molecule has 0 saturated carbocycles. The number of nitrogens with one attached hydrogen (secondary N) is 2. The summed E-state index contributed by atoms with van der Waals surface area (Å²) >= 11 is 0. The number of nitrogens with zero attached hydrogens (tertiary/aromatic N) is 1. The van der Waals surface area contributed by atoms with Crippen molar-refractivity contribution in [2.24, 2.45) is 0 Å². The van der Waals surface area contributed by atoms with E-state index in [1.807, 2.05) is 0 Å². The van der Waals surface area contributed by atoms with Crippen LogP contribution in [0.2, 0.25) is 0 Å². The van der Waals surface area contributed by atoms with Crippen LogP contribution in [0.3, 0.4) is 0 Å². The first kappa shape index (κ1) is 12.8. The minimum Gasteiger partial charge on any atom is -0.478 e. The smallest absolute Gasteiger partial charge is 0.339 e. The Kier molecular flexibility index (Phi) is 4.27. The Morgan fingerprint density at radius 1 is 1.53 bits per heavy atom. The molecule has 0 aromatic carbocycles. The fourth-order valence-corrected chi connectivity index (χ4v) is 1.20. The number of carbonyl (C=O) groups excluding carboxylic acids is 1. The zero-order valence-corrected chi connectivity index (χ0v) is 9.36. The Bertz CT molecular complexity index is 434. The van der Waals surface area contributed by atoms with Crippen LogP contribution < -0.4 is 16.4 Å². The molecular formula is C10H14N4O3. The third-order valence-corrected chi connectivity index (χ3v) is 2.06. The van der Waals surface area contributed by atoms with E-state index in [2.05, 4.69) is 15.6 Å². The van der Waals surface area contributed by atoms with Gasteiger partial charge in [0.25, 0.3) is 0 Å². The highest BCUT2D eigenvalue weighted by Crippen LogP contribution is 2.15. The van der Waals surface area contributed by atoms with E-state index >= 15 is 0 Å². The Balaban J connectivity index is 2.70. The van der Waals surface area contributed by atoms with Crippen LogP contribution in [-0.4, -0.2) is 35.6 Å².